The fraction of sp³-hybridized carbons (Fsp3) is 0.438. The van der Waals surface area contributed by atoms with Crippen molar-refractivity contribution in [3.05, 3.63) is 44.3 Å². The Labute approximate surface area is 138 Å². The van der Waals surface area contributed by atoms with Crippen molar-refractivity contribution >= 4 is 27.3 Å². The zero-order valence-corrected chi connectivity index (χ0v) is 15.1. The molecule has 0 amide bonds. The van der Waals surface area contributed by atoms with Crippen molar-refractivity contribution in [1.82, 2.24) is 10.3 Å². The van der Waals surface area contributed by atoms with E-state index < -0.39 is 0 Å². The van der Waals surface area contributed by atoms with Crippen LogP contribution in [0, 0.1) is 6.92 Å². The van der Waals surface area contributed by atoms with Gasteiger partial charge in [0.2, 0.25) is 0 Å². The molecule has 0 aliphatic rings. The lowest BCUT2D eigenvalue weighted by molar-refractivity contribution is 0.411. The number of halogens is 1. The van der Waals surface area contributed by atoms with Gasteiger partial charge in [-0.1, -0.05) is 13.0 Å². The molecule has 0 bridgehead atoms. The predicted octanol–water partition coefficient (Wildman–Crippen LogP) is 4.51. The smallest absolute Gasteiger partial charge is 0.133 e. The molecular formula is C16H21BrN2OS. The lowest BCUT2D eigenvalue weighted by atomic mass is 10.0. The Hall–Kier alpha value is -0.910. The fourth-order valence-corrected chi connectivity index (χ4v) is 3.57. The Kier molecular flexibility index (Phi) is 6.21. The van der Waals surface area contributed by atoms with E-state index in [1.54, 1.807) is 18.4 Å². The SMILES string of the molecule is CCCNC(Cc1nc(C)cs1)c1ccc(OC)c(Br)c1. The standard InChI is InChI=1S/C16H21BrN2OS/c1-4-7-18-14(9-16-19-11(2)10-21-16)12-5-6-15(20-3)13(17)8-12/h5-6,8,10,14,18H,4,7,9H2,1-3H3. The normalized spacial score (nSPS) is 12.4. The van der Waals surface area contributed by atoms with E-state index in [0.29, 0.717) is 0 Å². The molecular weight excluding hydrogens is 348 g/mol. The lowest BCUT2D eigenvalue weighted by Gasteiger charge is -2.19. The Balaban J connectivity index is 2.20. The largest absolute Gasteiger partial charge is 0.496 e. The van der Waals surface area contributed by atoms with Crippen molar-refractivity contribution in [2.24, 2.45) is 0 Å². The first-order valence-electron chi connectivity index (χ1n) is 7.11. The third-order valence-corrected chi connectivity index (χ3v) is 4.87. The van der Waals surface area contributed by atoms with Crippen LogP contribution in [0.2, 0.25) is 0 Å². The van der Waals surface area contributed by atoms with E-state index in [4.69, 9.17) is 4.74 Å². The predicted molar refractivity (Wildman–Crippen MR) is 92.3 cm³/mol. The van der Waals surface area contributed by atoms with Gasteiger partial charge in [0.05, 0.1) is 16.6 Å². The summed E-state index contributed by atoms with van der Waals surface area (Å²) < 4.78 is 6.29. The highest BCUT2D eigenvalue weighted by Crippen LogP contribution is 2.29. The van der Waals surface area contributed by atoms with E-state index in [1.807, 2.05) is 13.0 Å². The molecule has 0 spiro atoms. The highest BCUT2D eigenvalue weighted by atomic mass is 79.9. The molecule has 0 radical (unpaired) electrons. The van der Waals surface area contributed by atoms with Crippen LogP contribution in [0.4, 0.5) is 0 Å². The summed E-state index contributed by atoms with van der Waals surface area (Å²) in [6.45, 7) is 5.22. The number of benzene rings is 1. The van der Waals surface area contributed by atoms with Gasteiger partial charge in [0.25, 0.3) is 0 Å². The fourth-order valence-electron chi connectivity index (χ4n) is 2.20. The molecule has 1 aromatic heterocycles. The first-order chi connectivity index (χ1) is 10.1. The maximum atomic E-state index is 5.30. The first kappa shape index (κ1) is 16.5. The van der Waals surface area contributed by atoms with Crippen LogP contribution >= 0.6 is 27.3 Å². The van der Waals surface area contributed by atoms with E-state index in [2.05, 4.69) is 50.7 Å². The van der Waals surface area contributed by atoms with Gasteiger partial charge < -0.3 is 10.1 Å². The summed E-state index contributed by atoms with van der Waals surface area (Å²) in [7, 11) is 1.69. The number of hydrogen-bond donors (Lipinski definition) is 1. The molecule has 1 N–H and O–H groups in total. The number of ether oxygens (including phenoxy) is 1. The highest BCUT2D eigenvalue weighted by Gasteiger charge is 2.15. The van der Waals surface area contributed by atoms with E-state index in [-0.39, 0.29) is 6.04 Å². The van der Waals surface area contributed by atoms with Crippen molar-refractivity contribution in [3.8, 4) is 5.75 Å². The number of rotatable bonds is 7. The van der Waals surface area contributed by atoms with Crippen LogP contribution in [0.1, 0.15) is 35.7 Å². The topological polar surface area (TPSA) is 34.2 Å². The molecule has 1 unspecified atom stereocenters. The highest BCUT2D eigenvalue weighted by molar-refractivity contribution is 9.10. The third-order valence-electron chi connectivity index (χ3n) is 3.26. The molecule has 21 heavy (non-hydrogen) atoms. The lowest BCUT2D eigenvalue weighted by Crippen LogP contribution is -2.24. The quantitative estimate of drug-likeness (QED) is 0.780. The Morgan fingerprint density at radius 1 is 1.43 bits per heavy atom. The van der Waals surface area contributed by atoms with E-state index >= 15 is 0 Å². The summed E-state index contributed by atoms with van der Waals surface area (Å²) in [6, 6.07) is 6.54. The summed E-state index contributed by atoms with van der Waals surface area (Å²) in [5.41, 5.74) is 2.35. The Bertz CT molecular complexity index is 585. The van der Waals surface area contributed by atoms with Gasteiger partial charge in [-0.2, -0.15) is 0 Å². The molecule has 0 fully saturated rings. The molecule has 0 aliphatic carbocycles. The number of hydrogen-bond acceptors (Lipinski definition) is 4. The number of nitrogens with zero attached hydrogens (tertiary/aromatic N) is 1. The molecule has 3 nitrogen and oxygen atoms in total. The summed E-state index contributed by atoms with van der Waals surface area (Å²) in [6.07, 6.45) is 2.03. The molecule has 1 aromatic carbocycles. The van der Waals surface area contributed by atoms with Crippen LogP contribution in [-0.2, 0) is 6.42 Å². The van der Waals surface area contributed by atoms with Crippen molar-refractivity contribution in [3.63, 3.8) is 0 Å². The molecule has 0 saturated heterocycles. The van der Waals surface area contributed by atoms with E-state index in [9.17, 15) is 0 Å². The number of aromatic nitrogens is 1. The van der Waals surface area contributed by atoms with Crippen LogP contribution in [0.25, 0.3) is 0 Å². The van der Waals surface area contributed by atoms with Gasteiger partial charge in [0, 0.05) is 23.5 Å². The van der Waals surface area contributed by atoms with Crippen molar-refractivity contribution in [1.29, 1.82) is 0 Å². The second-order valence-electron chi connectivity index (χ2n) is 4.99. The third kappa shape index (κ3) is 4.53. The minimum atomic E-state index is 0.276. The zero-order valence-electron chi connectivity index (χ0n) is 12.6. The van der Waals surface area contributed by atoms with E-state index in [0.717, 1.165) is 35.3 Å². The summed E-state index contributed by atoms with van der Waals surface area (Å²) >= 11 is 5.30. The number of nitrogens with one attached hydrogen (secondary N) is 1. The van der Waals surface area contributed by atoms with Crippen LogP contribution in [0.15, 0.2) is 28.1 Å². The van der Waals surface area contributed by atoms with Crippen LogP contribution in [0.3, 0.4) is 0 Å². The molecule has 2 rings (SSSR count). The second kappa shape index (κ2) is 7.92. The zero-order chi connectivity index (χ0) is 15.2. The van der Waals surface area contributed by atoms with Gasteiger partial charge in [-0.15, -0.1) is 11.3 Å². The maximum Gasteiger partial charge on any atom is 0.133 e. The summed E-state index contributed by atoms with van der Waals surface area (Å²) in [5, 5.41) is 6.89. The number of aryl methyl sites for hydroxylation is 1. The molecule has 1 atom stereocenters. The van der Waals surface area contributed by atoms with Crippen LogP contribution < -0.4 is 10.1 Å². The van der Waals surface area contributed by atoms with Gasteiger partial charge in [0.1, 0.15) is 5.75 Å². The molecule has 0 aliphatic heterocycles. The number of thiazole rings is 1. The van der Waals surface area contributed by atoms with Crippen molar-refractivity contribution in [2.45, 2.75) is 32.7 Å². The average molecular weight is 369 g/mol. The molecule has 5 heteroatoms. The molecule has 1 heterocycles. The monoisotopic (exact) mass is 368 g/mol. The van der Waals surface area contributed by atoms with Crippen molar-refractivity contribution < 1.29 is 4.74 Å². The summed E-state index contributed by atoms with van der Waals surface area (Å²) in [4.78, 5) is 4.58. The minimum Gasteiger partial charge on any atom is -0.496 e. The second-order valence-corrected chi connectivity index (χ2v) is 6.78. The van der Waals surface area contributed by atoms with Crippen LogP contribution in [-0.4, -0.2) is 18.6 Å². The van der Waals surface area contributed by atoms with Crippen molar-refractivity contribution in [2.75, 3.05) is 13.7 Å². The van der Waals surface area contributed by atoms with Crippen LogP contribution in [0.5, 0.6) is 5.75 Å². The maximum absolute atomic E-state index is 5.30. The first-order valence-corrected chi connectivity index (χ1v) is 8.79. The van der Waals surface area contributed by atoms with Gasteiger partial charge in [-0.05, 0) is 53.5 Å². The van der Waals surface area contributed by atoms with Gasteiger partial charge in [0.15, 0.2) is 0 Å². The van der Waals surface area contributed by atoms with E-state index in [1.165, 1.54) is 10.6 Å². The average Bonchev–Trinajstić information content (AvgIpc) is 2.88. The van der Waals surface area contributed by atoms with Gasteiger partial charge in [-0.25, -0.2) is 4.98 Å². The van der Waals surface area contributed by atoms with Gasteiger partial charge >= 0.3 is 0 Å². The molecule has 0 saturated carbocycles. The number of methoxy groups -OCH3 is 1. The minimum absolute atomic E-state index is 0.276. The molecule has 2 aromatic rings. The summed E-state index contributed by atoms with van der Waals surface area (Å²) in [5.74, 6) is 0.859. The Morgan fingerprint density at radius 2 is 2.24 bits per heavy atom. The Morgan fingerprint density at radius 3 is 2.81 bits per heavy atom. The molecule has 114 valence electrons. The van der Waals surface area contributed by atoms with Gasteiger partial charge in [-0.3, -0.25) is 0 Å².